The molecule has 5 heteroatoms. The molecule has 1 unspecified atom stereocenters. The first-order valence-corrected chi connectivity index (χ1v) is 2.58. The van der Waals surface area contributed by atoms with Crippen LogP contribution in [-0.4, -0.2) is 25.6 Å². The van der Waals surface area contributed by atoms with Gasteiger partial charge < -0.3 is 5.32 Å². The zero-order chi connectivity index (χ0) is 6.74. The second kappa shape index (κ2) is 2.12. The Morgan fingerprint density at radius 2 is 2.56 bits per heavy atom. The molecule has 1 aliphatic heterocycles. The highest BCUT2D eigenvalue weighted by Gasteiger charge is 2.18. The summed E-state index contributed by atoms with van der Waals surface area (Å²) in [5.74, 6) is -0.859. The molecule has 0 aliphatic carbocycles. The van der Waals surface area contributed by atoms with Crippen molar-refractivity contribution in [3.05, 3.63) is 0 Å². The number of hydrogen-bond acceptors (Lipinski definition) is 5. The highest BCUT2D eigenvalue weighted by Crippen LogP contribution is 1.90. The largest absolute Gasteiger partial charge is 0.327 e. The zero-order valence-corrected chi connectivity index (χ0v) is 5.13. The third-order valence-corrected chi connectivity index (χ3v) is 1.07. The second-order valence-corrected chi connectivity index (χ2v) is 1.68. The lowest BCUT2D eigenvalue weighted by molar-refractivity contribution is 0.352. The summed E-state index contributed by atoms with van der Waals surface area (Å²) in [6.07, 6.45) is 2.89. The molecular formula is C4H9N5. The van der Waals surface area contributed by atoms with E-state index in [1.165, 1.54) is 12.7 Å². The van der Waals surface area contributed by atoms with Gasteiger partial charge in [0.05, 0.1) is 6.34 Å². The normalized spacial score (nSPS) is 32.2. The molecule has 0 radical (unpaired) electrons. The van der Waals surface area contributed by atoms with Gasteiger partial charge in [0.1, 0.15) is 6.34 Å². The summed E-state index contributed by atoms with van der Waals surface area (Å²) in [5, 5.41) is 5.48. The van der Waals surface area contributed by atoms with Crippen LogP contribution in [0.5, 0.6) is 0 Å². The predicted molar refractivity (Wildman–Crippen MR) is 36.1 cm³/mol. The summed E-state index contributed by atoms with van der Waals surface area (Å²) in [5.41, 5.74) is 5.55. The van der Waals surface area contributed by atoms with Crippen LogP contribution in [0.15, 0.2) is 9.98 Å². The standard InChI is InChI=1S/C4H9N5/c1-6-4(5)8-2-7-3-9-4/h2-3,6H,5H2,1H3,(H,7,8,9). The van der Waals surface area contributed by atoms with Crippen molar-refractivity contribution in [1.29, 1.82) is 0 Å². The SMILES string of the molecule is CNC1(N)N=CN=CN1. The van der Waals surface area contributed by atoms with E-state index in [1.54, 1.807) is 7.05 Å². The Kier molecular flexibility index (Phi) is 1.46. The smallest absolute Gasteiger partial charge is 0.243 e. The topological polar surface area (TPSA) is 74.8 Å². The molecule has 9 heavy (non-hydrogen) atoms. The molecule has 0 amide bonds. The second-order valence-electron chi connectivity index (χ2n) is 1.68. The molecule has 0 aromatic heterocycles. The number of hydrogen-bond donors (Lipinski definition) is 3. The van der Waals surface area contributed by atoms with Gasteiger partial charge in [-0.2, -0.15) is 0 Å². The Hall–Kier alpha value is -0.940. The number of nitrogens with zero attached hydrogens (tertiary/aromatic N) is 2. The molecule has 1 atom stereocenters. The summed E-state index contributed by atoms with van der Waals surface area (Å²) >= 11 is 0. The number of rotatable bonds is 1. The number of nitrogens with one attached hydrogen (secondary N) is 2. The first-order valence-electron chi connectivity index (χ1n) is 2.58. The summed E-state index contributed by atoms with van der Waals surface area (Å²) in [7, 11) is 1.71. The quantitative estimate of drug-likeness (QED) is 0.373. The fourth-order valence-electron chi connectivity index (χ4n) is 0.467. The lowest BCUT2D eigenvalue weighted by atomic mass is 10.6. The molecule has 0 fully saturated rings. The van der Waals surface area contributed by atoms with Crippen molar-refractivity contribution in [1.82, 2.24) is 10.6 Å². The van der Waals surface area contributed by atoms with Crippen molar-refractivity contribution in [3.8, 4) is 0 Å². The van der Waals surface area contributed by atoms with Gasteiger partial charge in [-0.1, -0.05) is 0 Å². The molecule has 0 bridgehead atoms. The van der Waals surface area contributed by atoms with E-state index < -0.39 is 5.91 Å². The Balaban J connectivity index is 2.63. The van der Waals surface area contributed by atoms with Crippen molar-refractivity contribution in [2.24, 2.45) is 15.7 Å². The lowest BCUT2D eigenvalue weighted by Crippen LogP contribution is -2.61. The van der Waals surface area contributed by atoms with Gasteiger partial charge in [-0.3, -0.25) is 11.1 Å². The van der Waals surface area contributed by atoms with Gasteiger partial charge in [-0.05, 0) is 7.05 Å². The maximum atomic E-state index is 5.55. The minimum Gasteiger partial charge on any atom is -0.327 e. The molecule has 0 saturated carbocycles. The predicted octanol–water partition coefficient (Wildman–Crippen LogP) is -1.56. The van der Waals surface area contributed by atoms with Crippen LogP contribution in [-0.2, 0) is 0 Å². The molecule has 0 aromatic carbocycles. The van der Waals surface area contributed by atoms with Crippen LogP contribution in [0, 0.1) is 0 Å². The Morgan fingerprint density at radius 3 is 2.89 bits per heavy atom. The average molecular weight is 127 g/mol. The fraction of sp³-hybridized carbons (Fsp3) is 0.500. The molecule has 50 valence electrons. The van der Waals surface area contributed by atoms with Crippen LogP contribution in [0.1, 0.15) is 0 Å². The lowest BCUT2D eigenvalue weighted by Gasteiger charge is -2.24. The summed E-state index contributed by atoms with van der Waals surface area (Å²) in [6, 6.07) is 0. The minimum absolute atomic E-state index is 0.859. The van der Waals surface area contributed by atoms with Crippen molar-refractivity contribution in [3.63, 3.8) is 0 Å². The van der Waals surface area contributed by atoms with E-state index in [2.05, 4.69) is 20.6 Å². The molecular weight excluding hydrogens is 118 g/mol. The van der Waals surface area contributed by atoms with Crippen LogP contribution < -0.4 is 16.4 Å². The highest BCUT2D eigenvalue weighted by atomic mass is 15.4. The van der Waals surface area contributed by atoms with Gasteiger partial charge in [-0.15, -0.1) is 0 Å². The molecule has 1 aliphatic rings. The van der Waals surface area contributed by atoms with Gasteiger partial charge >= 0.3 is 0 Å². The van der Waals surface area contributed by atoms with Crippen LogP contribution in [0.2, 0.25) is 0 Å². The van der Waals surface area contributed by atoms with E-state index in [1.807, 2.05) is 0 Å². The third kappa shape index (κ3) is 1.24. The summed E-state index contributed by atoms with van der Waals surface area (Å²) < 4.78 is 0. The van der Waals surface area contributed by atoms with E-state index in [0.29, 0.717) is 0 Å². The van der Waals surface area contributed by atoms with Gasteiger partial charge in [0, 0.05) is 0 Å². The number of aliphatic imine (C=N–C) groups is 2. The van der Waals surface area contributed by atoms with E-state index in [9.17, 15) is 0 Å². The first kappa shape index (κ1) is 6.18. The van der Waals surface area contributed by atoms with Gasteiger partial charge in [0.15, 0.2) is 0 Å². The minimum atomic E-state index is -0.859. The Labute approximate surface area is 53.1 Å². The third-order valence-electron chi connectivity index (χ3n) is 1.07. The maximum absolute atomic E-state index is 5.55. The number of nitrogens with two attached hydrogens (primary N) is 1. The Bertz CT molecular complexity index is 151. The Morgan fingerprint density at radius 1 is 1.78 bits per heavy atom. The van der Waals surface area contributed by atoms with E-state index in [0.717, 1.165) is 0 Å². The van der Waals surface area contributed by atoms with Crippen molar-refractivity contribution in [2.45, 2.75) is 5.91 Å². The van der Waals surface area contributed by atoms with Crippen molar-refractivity contribution >= 4 is 12.7 Å². The molecule has 4 N–H and O–H groups in total. The molecule has 0 saturated heterocycles. The van der Waals surface area contributed by atoms with E-state index in [4.69, 9.17) is 5.73 Å². The maximum Gasteiger partial charge on any atom is 0.243 e. The van der Waals surface area contributed by atoms with Crippen LogP contribution in [0.3, 0.4) is 0 Å². The summed E-state index contributed by atoms with van der Waals surface area (Å²) in [6.45, 7) is 0. The molecule has 1 heterocycles. The van der Waals surface area contributed by atoms with Gasteiger partial charge in [0.25, 0.3) is 0 Å². The average Bonchev–Trinajstić information content (AvgIpc) is 1.90. The van der Waals surface area contributed by atoms with Crippen molar-refractivity contribution in [2.75, 3.05) is 7.05 Å². The van der Waals surface area contributed by atoms with Crippen LogP contribution >= 0.6 is 0 Å². The zero-order valence-electron chi connectivity index (χ0n) is 5.13. The van der Waals surface area contributed by atoms with Gasteiger partial charge in [-0.25, -0.2) is 9.98 Å². The van der Waals surface area contributed by atoms with Crippen LogP contribution in [0.25, 0.3) is 0 Å². The molecule has 0 spiro atoms. The molecule has 1 rings (SSSR count). The monoisotopic (exact) mass is 127 g/mol. The van der Waals surface area contributed by atoms with Crippen molar-refractivity contribution < 1.29 is 0 Å². The van der Waals surface area contributed by atoms with Crippen LogP contribution in [0.4, 0.5) is 0 Å². The molecule has 0 aromatic rings. The van der Waals surface area contributed by atoms with E-state index in [-0.39, 0.29) is 0 Å². The highest BCUT2D eigenvalue weighted by molar-refractivity contribution is 5.73. The van der Waals surface area contributed by atoms with E-state index >= 15 is 0 Å². The summed E-state index contributed by atoms with van der Waals surface area (Å²) in [4.78, 5) is 7.49. The first-order chi connectivity index (χ1) is 4.27. The van der Waals surface area contributed by atoms with Gasteiger partial charge in [0.2, 0.25) is 5.91 Å². The molecule has 5 nitrogen and oxygen atoms in total. The fourth-order valence-corrected chi connectivity index (χ4v) is 0.467.